The number of aryl methyl sites for hydroxylation is 1. The maximum atomic E-state index is 11.9. The largest absolute Gasteiger partial charge is 0.461 e. The summed E-state index contributed by atoms with van der Waals surface area (Å²) in [5.74, 6) is 0.183. The standard InChI is InChI=1S/C12H9ClO2/c1-8-5-9(7-10(13)6-8)12(14)11-3-2-4-15-11/h2-7H,1H3. The Labute approximate surface area is 92.5 Å². The van der Waals surface area contributed by atoms with E-state index in [1.54, 1.807) is 30.3 Å². The maximum absolute atomic E-state index is 11.9. The molecular weight excluding hydrogens is 212 g/mol. The average Bonchev–Trinajstić information content (AvgIpc) is 2.67. The highest BCUT2D eigenvalue weighted by Crippen LogP contribution is 2.17. The minimum Gasteiger partial charge on any atom is -0.461 e. The van der Waals surface area contributed by atoms with Gasteiger partial charge >= 0.3 is 0 Å². The predicted octanol–water partition coefficient (Wildman–Crippen LogP) is 3.47. The lowest BCUT2D eigenvalue weighted by Crippen LogP contribution is -1.99. The van der Waals surface area contributed by atoms with Gasteiger partial charge in [-0.3, -0.25) is 4.79 Å². The lowest BCUT2D eigenvalue weighted by atomic mass is 10.1. The highest BCUT2D eigenvalue weighted by Gasteiger charge is 2.12. The van der Waals surface area contributed by atoms with Gasteiger partial charge in [0.2, 0.25) is 5.78 Å². The van der Waals surface area contributed by atoms with Gasteiger partial charge in [0.25, 0.3) is 0 Å². The van der Waals surface area contributed by atoms with Gasteiger partial charge in [0, 0.05) is 10.6 Å². The van der Waals surface area contributed by atoms with E-state index >= 15 is 0 Å². The number of benzene rings is 1. The molecule has 0 saturated carbocycles. The van der Waals surface area contributed by atoms with Gasteiger partial charge in [-0.1, -0.05) is 11.6 Å². The number of hydrogen-bond acceptors (Lipinski definition) is 2. The van der Waals surface area contributed by atoms with Gasteiger partial charge in [-0.05, 0) is 42.8 Å². The Morgan fingerprint density at radius 1 is 1.33 bits per heavy atom. The van der Waals surface area contributed by atoms with Gasteiger partial charge in [0.05, 0.1) is 6.26 Å². The molecule has 76 valence electrons. The van der Waals surface area contributed by atoms with Crippen LogP contribution in [0.15, 0.2) is 41.0 Å². The Hall–Kier alpha value is -1.54. The molecule has 0 aliphatic rings. The van der Waals surface area contributed by atoms with E-state index in [2.05, 4.69) is 0 Å². The summed E-state index contributed by atoms with van der Waals surface area (Å²) in [4.78, 5) is 11.9. The second kappa shape index (κ2) is 3.91. The van der Waals surface area contributed by atoms with E-state index in [4.69, 9.17) is 16.0 Å². The number of ketones is 1. The number of carbonyl (C=O) groups is 1. The third-order valence-corrected chi connectivity index (χ3v) is 2.27. The summed E-state index contributed by atoms with van der Waals surface area (Å²) in [6, 6.07) is 8.56. The van der Waals surface area contributed by atoms with Crippen molar-refractivity contribution in [1.82, 2.24) is 0 Å². The lowest BCUT2D eigenvalue weighted by Gasteiger charge is -2.00. The first-order valence-electron chi connectivity index (χ1n) is 4.52. The summed E-state index contributed by atoms with van der Waals surface area (Å²) in [5.41, 5.74) is 1.51. The van der Waals surface area contributed by atoms with Crippen LogP contribution in [-0.4, -0.2) is 5.78 Å². The summed E-state index contributed by atoms with van der Waals surface area (Å²) in [5, 5.41) is 0.560. The lowest BCUT2D eigenvalue weighted by molar-refractivity contribution is 0.101. The molecule has 2 rings (SSSR count). The Kier molecular flexibility index (Phi) is 2.60. The quantitative estimate of drug-likeness (QED) is 0.726. The van der Waals surface area contributed by atoms with Crippen LogP contribution in [0.4, 0.5) is 0 Å². The first-order chi connectivity index (χ1) is 7.16. The summed E-state index contributed by atoms with van der Waals surface area (Å²) in [6.07, 6.45) is 1.48. The van der Waals surface area contributed by atoms with E-state index in [0.29, 0.717) is 16.3 Å². The normalized spacial score (nSPS) is 10.3. The molecule has 0 aliphatic carbocycles. The topological polar surface area (TPSA) is 30.2 Å². The third-order valence-electron chi connectivity index (χ3n) is 2.05. The number of rotatable bonds is 2. The van der Waals surface area contributed by atoms with Crippen LogP contribution in [0.25, 0.3) is 0 Å². The second-order valence-corrected chi connectivity index (χ2v) is 3.76. The summed E-state index contributed by atoms with van der Waals surface area (Å²) in [7, 11) is 0. The molecule has 0 saturated heterocycles. The van der Waals surface area contributed by atoms with Crippen LogP contribution in [0.2, 0.25) is 5.02 Å². The van der Waals surface area contributed by atoms with Crippen LogP contribution in [0, 0.1) is 6.92 Å². The number of hydrogen-bond donors (Lipinski definition) is 0. The molecule has 0 spiro atoms. The van der Waals surface area contributed by atoms with Crippen molar-refractivity contribution in [3.05, 3.63) is 58.5 Å². The average molecular weight is 221 g/mol. The number of halogens is 1. The molecule has 0 N–H and O–H groups in total. The first kappa shape index (κ1) is 9.99. The van der Waals surface area contributed by atoms with Gasteiger partial charge in [0.1, 0.15) is 0 Å². The van der Waals surface area contributed by atoms with Gasteiger partial charge in [-0.2, -0.15) is 0 Å². The van der Waals surface area contributed by atoms with Crippen molar-refractivity contribution in [2.75, 3.05) is 0 Å². The van der Waals surface area contributed by atoms with Crippen molar-refractivity contribution in [2.24, 2.45) is 0 Å². The minimum absolute atomic E-state index is 0.148. The molecule has 1 heterocycles. The van der Waals surface area contributed by atoms with Crippen LogP contribution in [0.1, 0.15) is 21.7 Å². The molecule has 0 bridgehead atoms. The van der Waals surface area contributed by atoms with Crippen molar-refractivity contribution in [3.63, 3.8) is 0 Å². The molecule has 1 aromatic heterocycles. The van der Waals surface area contributed by atoms with Gasteiger partial charge in [-0.25, -0.2) is 0 Å². The maximum Gasteiger partial charge on any atom is 0.228 e. The molecular formula is C12H9ClO2. The predicted molar refractivity (Wildman–Crippen MR) is 58.3 cm³/mol. The molecule has 1 aromatic carbocycles. The molecule has 15 heavy (non-hydrogen) atoms. The molecule has 0 aliphatic heterocycles. The van der Waals surface area contributed by atoms with E-state index in [9.17, 15) is 4.79 Å². The van der Waals surface area contributed by atoms with Crippen LogP contribution in [-0.2, 0) is 0 Å². The fourth-order valence-electron chi connectivity index (χ4n) is 1.42. The van der Waals surface area contributed by atoms with E-state index in [1.807, 2.05) is 6.92 Å². The first-order valence-corrected chi connectivity index (χ1v) is 4.90. The Morgan fingerprint density at radius 3 is 2.73 bits per heavy atom. The number of carbonyl (C=O) groups excluding carboxylic acids is 1. The Balaban J connectivity index is 2.42. The summed E-state index contributed by atoms with van der Waals surface area (Å²) < 4.78 is 5.04. The fraction of sp³-hybridized carbons (Fsp3) is 0.0833. The zero-order chi connectivity index (χ0) is 10.8. The van der Waals surface area contributed by atoms with Crippen molar-refractivity contribution in [1.29, 1.82) is 0 Å². The van der Waals surface area contributed by atoms with E-state index in [-0.39, 0.29) is 5.78 Å². The zero-order valence-corrected chi connectivity index (χ0v) is 8.91. The Bertz CT molecular complexity index is 466. The number of furan rings is 1. The molecule has 2 aromatic rings. The SMILES string of the molecule is Cc1cc(Cl)cc(C(=O)c2ccco2)c1. The van der Waals surface area contributed by atoms with E-state index in [1.165, 1.54) is 6.26 Å². The van der Waals surface area contributed by atoms with Crippen LogP contribution in [0.5, 0.6) is 0 Å². The van der Waals surface area contributed by atoms with E-state index in [0.717, 1.165) is 5.56 Å². The zero-order valence-electron chi connectivity index (χ0n) is 8.16. The molecule has 0 unspecified atom stereocenters. The van der Waals surface area contributed by atoms with Crippen molar-refractivity contribution in [2.45, 2.75) is 6.92 Å². The van der Waals surface area contributed by atoms with Crippen LogP contribution in [0.3, 0.4) is 0 Å². The van der Waals surface area contributed by atoms with Gasteiger partial charge in [0.15, 0.2) is 5.76 Å². The molecule has 0 radical (unpaired) electrons. The summed E-state index contributed by atoms with van der Waals surface area (Å²) in [6.45, 7) is 1.89. The molecule has 0 fully saturated rings. The molecule has 2 nitrogen and oxygen atoms in total. The monoisotopic (exact) mass is 220 g/mol. The highest BCUT2D eigenvalue weighted by molar-refractivity contribution is 6.31. The van der Waals surface area contributed by atoms with Gasteiger partial charge < -0.3 is 4.42 Å². The highest BCUT2D eigenvalue weighted by atomic mass is 35.5. The van der Waals surface area contributed by atoms with Crippen LogP contribution < -0.4 is 0 Å². The molecule has 0 atom stereocenters. The summed E-state index contributed by atoms with van der Waals surface area (Å²) >= 11 is 5.87. The molecule has 3 heteroatoms. The minimum atomic E-state index is -0.148. The van der Waals surface area contributed by atoms with E-state index < -0.39 is 0 Å². The van der Waals surface area contributed by atoms with Crippen LogP contribution >= 0.6 is 11.6 Å². The third kappa shape index (κ3) is 2.10. The fourth-order valence-corrected chi connectivity index (χ4v) is 1.71. The van der Waals surface area contributed by atoms with Crippen molar-refractivity contribution >= 4 is 17.4 Å². The van der Waals surface area contributed by atoms with Crippen molar-refractivity contribution in [3.8, 4) is 0 Å². The molecule has 0 amide bonds. The van der Waals surface area contributed by atoms with Gasteiger partial charge in [-0.15, -0.1) is 0 Å². The Morgan fingerprint density at radius 2 is 2.13 bits per heavy atom. The second-order valence-electron chi connectivity index (χ2n) is 3.32. The van der Waals surface area contributed by atoms with Crippen molar-refractivity contribution < 1.29 is 9.21 Å². The smallest absolute Gasteiger partial charge is 0.228 e.